The Labute approximate surface area is 82.3 Å². The molecule has 5 heteroatoms. The normalized spacial score (nSPS) is 38.2. The minimum Gasteiger partial charge on any atom is -0.392 e. The topological polar surface area (TPSA) is 90.2 Å². The van der Waals surface area contributed by atoms with Crippen molar-refractivity contribution in [2.75, 3.05) is 13.2 Å². The van der Waals surface area contributed by atoms with E-state index >= 15 is 0 Å². The number of hydrogen-bond donors (Lipinski definition) is 4. The Morgan fingerprint density at radius 2 is 1.93 bits per heavy atom. The van der Waals surface area contributed by atoms with Crippen LogP contribution in [0.25, 0.3) is 0 Å². The lowest BCUT2D eigenvalue weighted by atomic mass is 9.90. The van der Waals surface area contributed by atoms with Crippen LogP contribution < -0.4 is 0 Å². The van der Waals surface area contributed by atoms with E-state index in [1.54, 1.807) is 6.92 Å². The molecule has 1 aliphatic carbocycles. The van der Waals surface area contributed by atoms with E-state index < -0.39 is 24.4 Å². The first-order chi connectivity index (χ1) is 6.61. The van der Waals surface area contributed by atoms with Gasteiger partial charge >= 0.3 is 0 Å². The summed E-state index contributed by atoms with van der Waals surface area (Å²) in [6.07, 6.45) is -2.89. The van der Waals surface area contributed by atoms with Gasteiger partial charge in [0.2, 0.25) is 0 Å². The Hall–Kier alpha value is -0.460. The highest BCUT2D eigenvalue weighted by atomic mass is 16.5. The first-order valence-electron chi connectivity index (χ1n) is 4.59. The summed E-state index contributed by atoms with van der Waals surface area (Å²) >= 11 is 0. The lowest BCUT2D eigenvalue weighted by molar-refractivity contribution is -0.111. The molecule has 4 atom stereocenters. The Morgan fingerprint density at radius 1 is 1.29 bits per heavy atom. The van der Waals surface area contributed by atoms with Gasteiger partial charge in [0.1, 0.15) is 24.4 Å². The summed E-state index contributed by atoms with van der Waals surface area (Å²) in [6.45, 7) is 1.80. The van der Waals surface area contributed by atoms with Gasteiger partial charge in [-0.2, -0.15) is 0 Å². The SMILES string of the molecule is CCO[C@@H]1C=C(CO)[C@@H](O)[C@H](O)[C@H]1O. The van der Waals surface area contributed by atoms with Gasteiger partial charge < -0.3 is 25.2 Å². The average molecular weight is 204 g/mol. The van der Waals surface area contributed by atoms with Gasteiger partial charge in [-0.3, -0.25) is 0 Å². The van der Waals surface area contributed by atoms with E-state index in [0.717, 1.165) is 0 Å². The molecule has 0 fully saturated rings. The highest BCUT2D eigenvalue weighted by molar-refractivity contribution is 5.20. The monoisotopic (exact) mass is 204 g/mol. The zero-order valence-electron chi connectivity index (χ0n) is 8.00. The minimum atomic E-state index is -1.31. The molecule has 1 rings (SSSR count). The van der Waals surface area contributed by atoms with Gasteiger partial charge in [0, 0.05) is 6.61 Å². The predicted molar refractivity (Wildman–Crippen MR) is 48.6 cm³/mol. The molecule has 0 unspecified atom stereocenters. The maximum Gasteiger partial charge on any atom is 0.113 e. The van der Waals surface area contributed by atoms with Gasteiger partial charge in [-0.15, -0.1) is 0 Å². The van der Waals surface area contributed by atoms with Gasteiger partial charge in [-0.25, -0.2) is 0 Å². The summed E-state index contributed by atoms with van der Waals surface area (Å²) in [4.78, 5) is 0. The molecule has 0 aromatic carbocycles. The van der Waals surface area contributed by atoms with Crippen LogP contribution in [0.5, 0.6) is 0 Å². The van der Waals surface area contributed by atoms with Gasteiger partial charge in [0.25, 0.3) is 0 Å². The fourth-order valence-electron chi connectivity index (χ4n) is 1.49. The van der Waals surface area contributed by atoms with E-state index in [2.05, 4.69) is 0 Å². The third-order valence-electron chi connectivity index (χ3n) is 2.31. The molecule has 4 N–H and O–H groups in total. The van der Waals surface area contributed by atoms with Gasteiger partial charge in [-0.05, 0) is 18.6 Å². The molecule has 0 radical (unpaired) electrons. The molecule has 1 aliphatic rings. The van der Waals surface area contributed by atoms with Gasteiger partial charge in [0.15, 0.2) is 0 Å². The second-order valence-electron chi connectivity index (χ2n) is 3.25. The van der Waals surface area contributed by atoms with Crippen molar-refractivity contribution in [3.05, 3.63) is 11.6 Å². The van der Waals surface area contributed by atoms with Crippen LogP contribution in [-0.2, 0) is 4.74 Å². The van der Waals surface area contributed by atoms with Crippen molar-refractivity contribution in [1.82, 2.24) is 0 Å². The maximum absolute atomic E-state index is 9.49. The van der Waals surface area contributed by atoms with Crippen LogP contribution in [-0.4, -0.2) is 58.1 Å². The molecule has 5 nitrogen and oxygen atoms in total. The number of rotatable bonds is 3. The van der Waals surface area contributed by atoms with Crippen molar-refractivity contribution in [1.29, 1.82) is 0 Å². The maximum atomic E-state index is 9.49. The van der Waals surface area contributed by atoms with Crippen molar-refractivity contribution < 1.29 is 25.2 Å². The zero-order valence-corrected chi connectivity index (χ0v) is 8.00. The van der Waals surface area contributed by atoms with Gasteiger partial charge in [0.05, 0.1) is 6.61 Å². The fourth-order valence-corrected chi connectivity index (χ4v) is 1.49. The Morgan fingerprint density at radius 3 is 2.43 bits per heavy atom. The second kappa shape index (κ2) is 4.86. The fraction of sp³-hybridized carbons (Fsp3) is 0.778. The molecule has 0 aromatic heterocycles. The van der Waals surface area contributed by atoms with Crippen LogP contribution in [0, 0.1) is 0 Å². The first-order valence-corrected chi connectivity index (χ1v) is 4.59. The molecular formula is C9H16O5. The lowest BCUT2D eigenvalue weighted by Gasteiger charge is -2.33. The Bertz CT molecular complexity index is 215. The smallest absolute Gasteiger partial charge is 0.113 e. The van der Waals surface area contributed by atoms with E-state index in [1.165, 1.54) is 6.08 Å². The van der Waals surface area contributed by atoms with Crippen molar-refractivity contribution in [2.45, 2.75) is 31.3 Å². The number of aliphatic hydroxyl groups is 4. The average Bonchev–Trinajstić information content (AvgIpc) is 2.19. The van der Waals surface area contributed by atoms with Crippen LogP contribution in [0.2, 0.25) is 0 Å². The van der Waals surface area contributed by atoms with Crippen LogP contribution >= 0.6 is 0 Å². The molecule has 0 saturated carbocycles. The number of ether oxygens (including phenoxy) is 1. The molecule has 82 valence electrons. The summed E-state index contributed by atoms with van der Waals surface area (Å²) in [6, 6.07) is 0. The first kappa shape index (κ1) is 11.6. The standard InChI is InChI=1S/C9H16O5/c1-2-14-6-3-5(4-10)7(11)9(13)8(6)12/h3,6-13H,2,4H2,1H3/t6-,7-,8+,9+/m1/s1. The molecule has 14 heavy (non-hydrogen) atoms. The molecule has 0 saturated heterocycles. The number of aliphatic hydroxyl groups excluding tert-OH is 4. The van der Waals surface area contributed by atoms with Crippen LogP contribution in [0.15, 0.2) is 11.6 Å². The summed E-state index contributed by atoms with van der Waals surface area (Å²) in [5.41, 5.74) is 0.279. The predicted octanol–water partition coefficient (Wildman–Crippen LogP) is -1.59. The van der Waals surface area contributed by atoms with Crippen LogP contribution in [0.4, 0.5) is 0 Å². The van der Waals surface area contributed by atoms with Crippen molar-refractivity contribution in [3.63, 3.8) is 0 Å². The van der Waals surface area contributed by atoms with E-state index in [9.17, 15) is 15.3 Å². The molecule has 0 aromatic rings. The summed E-state index contributed by atoms with van der Waals surface area (Å²) in [7, 11) is 0. The summed E-state index contributed by atoms with van der Waals surface area (Å²) in [5.74, 6) is 0. The lowest BCUT2D eigenvalue weighted by Crippen LogP contribution is -2.49. The van der Waals surface area contributed by atoms with Crippen molar-refractivity contribution >= 4 is 0 Å². The van der Waals surface area contributed by atoms with Crippen molar-refractivity contribution in [3.8, 4) is 0 Å². The van der Waals surface area contributed by atoms with Crippen molar-refractivity contribution in [2.24, 2.45) is 0 Å². The summed E-state index contributed by atoms with van der Waals surface area (Å²) in [5, 5.41) is 37.2. The Balaban J connectivity index is 2.81. The minimum absolute atomic E-state index is 0.279. The molecular weight excluding hydrogens is 188 g/mol. The van der Waals surface area contributed by atoms with E-state index in [0.29, 0.717) is 6.61 Å². The highest BCUT2D eigenvalue weighted by Crippen LogP contribution is 2.21. The molecule has 0 heterocycles. The van der Waals surface area contributed by atoms with Crippen LogP contribution in [0.1, 0.15) is 6.92 Å². The summed E-state index contributed by atoms with van der Waals surface area (Å²) < 4.78 is 5.14. The molecule has 0 aliphatic heterocycles. The van der Waals surface area contributed by atoms with Crippen LogP contribution in [0.3, 0.4) is 0 Å². The van der Waals surface area contributed by atoms with Gasteiger partial charge in [-0.1, -0.05) is 0 Å². The third-order valence-corrected chi connectivity index (χ3v) is 2.31. The molecule has 0 amide bonds. The third kappa shape index (κ3) is 2.13. The highest BCUT2D eigenvalue weighted by Gasteiger charge is 2.37. The van der Waals surface area contributed by atoms with E-state index in [-0.39, 0.29) is 12.2 Å². The van der Waals surface area contributed by atoms with E-state index in [1.807, 2.05) is 0 Å². The zero-order chi connectivity index (χ0) is 10.7. The largest absolute Gasteiger partial charge is 0.392 e. The quantitative estimate of drug-likeness (QED) is 0.416. The second-order valence-corrected chi connectivity index (χ2v) is 3.25. The molecule has 0 bridgehead atoms. The Kier molecular flexibility index (Phi) is 4.03. The number of hydrogen-bond acceptors (Lipinski definition) is 5. The molecule has 0 spiro atoms. The van der Waals surface area contributed by atoms with E-state index in [4.69, 9.17) is 9.84 Å².